The van der Waals surface area contributed by atoms with E-state index in [1.165, 1.54) is 40.6 Å². The molecule has 0 radical (unpaired) electrons. The molecule has 0 amide bonds. The molecule has 3 rings (SSSR count). The predicted molar refractivity (Wildman–Crippen MR) is 97.1 cm³/mol. The van der Waals surface area contributed by atoms with Gasteiger partial charge in [-0.2, -0.15) is 5.10 Å². The highest BCUT2D eigenvalue weighted by molar-refractivity contribution is 5.96. The summed E-state index contributed by atoms with van der Waals surface area (Å²) in [6, 6.07) is 7.28. The molecule has 27 heavy (non-hydrogen) atoms. The molecule has 7 nitrogen and oxygen atoms in total. The number of benzene rings is 1. The van der Waals surface area contributed by atoms with Gasteiger partial charge in [-0.05, 0) is 45.0 Å². The van der Waals surface area contributed by atoms with E-state index in [2.05, 4.69) is 5.10 Å². The molecule has 1 aromatic carbocycles. The lowest BCUT2D eigenvalue weighted by molar-refractivity contribution is 0.0545. The summed E-state index contributed by atoms with van der Waals surface area (Å²) in [6.07, 6.45) is -0.611. The maximum Gasteiger partial charge on any atom is 0.419 e. The Morgan fingerprint density at radius 3 is 2.44 bits per heavy atom. The van der Waals surface area contributed by atoms with Crippen LogP contribution < -0.4 is 0 Å². The summed E-state index contributed by atoms with van der Waals surface area (Å²) in [5, 5.41) is 4.65. The molecule has 0 atom stereocenters. The first kappa shape index (κ1) is 18.6. The topological polar surface area (TPSA) is 75.3 Å². The standard InChI is InChI=1S/C19H20FN3O4/c1-19(2,3)27-18(25)23-14-7-6-12(20)8-11(14)9-16(23)15-10-13(17(24)26-5)21-22(15)4/h6-10H,1-5H3. The van der Waals surface area contributed by atoms with Gasteiger partial charge in [0.15, 0.2) is 5.69 Å². The lowest BCUT2D eigenvalue weighted by Gasteiger charge is -2.21. The van der Waals surface area contributed by atoms with Gasteiger partial charge in [0.1, 0.15) is 11.4 Å². The Morgan fingerprint density at radius 1 is 1.11 bits per heavy atom. The van der Waals surface area contributed by atoms with Crippen molar-refractivity contribution in [1.29, 1.82) is 0 Å². The van der Waals surface area contributed by atoms with E-state index in [4.69, 9.17) is 9.47 Å². The van der Waals surface area contributed by atoms with Gasteiger partial charge in [0.25, 0.3) is 0 Å². The van der Waals surface area contributed by atoms with E-state index >= 15 is 0 Å². The smallest absolute Gasteiger partial charge is 0.419 e. The summed E-state index contributed by atoms with van der Waals surface area (Å²) in [4.78, 5) is 24.6. The fourth-order valence-corrected chi connectivity index (χ4v) is 2.79. The highest BCUT2D eigenvalue weighted by Gasteiger charge is 2.25. The zero-order chi connectivity index (χ0) is 19.9. The Labute approximate surface area is 155 Å². The van der Waals surface area contributed by atoms with Crippen molar-refractivity contribution in [3.8, 4) is 11.4 Å². The molecule has 2 aromatic heterocycles. The zero-order valence-corrected chi connectivity index (χ0v) is 15.7. The summed E-state index contributed by atoms with van der Waals surface area (Å²) in [7, 11) is 2.90. The number of rotatable bonds is 2. The van der Waals surface area contributed by atoms with Crippen LogP contribution in [0.5, 0.6) is 0 Å². The fourth-order valence-electron chi connectivity index (χ4n) is 2.79. The van der Waals surface area contributed by atoms with Gasteiger partial charge in [-0.3, -0.25) is 4.68 Å². The Kier molecular flexibility index (Phi) is 4.51. The number of ether oxygens (including phenoxy) is 2. The SMILES string of the molecule is COC(=O)c1cc(-c2cc3cc(F)ccc3n2C(=O)OC(C)(C)C)n(C)n1. The second kappa shape index (κ2) is 6.53. The first-order valence-corrected chi connectivity index (χ1v) is 8.28. The van der Waals surface area contributed by atoms with E-state index in [0.29, 0.717) is 22.3 Å². The van der Waals surface area contributed by atoms with Gasteiger partial charge in [0.05, 0.1) is 24.0 Å². The highest BCUT2D eigenvalue weighted by Crippen LogP contribution is 2.30. The van der Waals surface area contributed by atoms with Crippen LogP contribution in [-0.4, -0.2) is 39.1 Å². The second-order valence-corrected chi connectivity index (χ2v) is 7.08. The Morgan fingerprint density at radius 2 is 1.81 bits per heavy atom. The van der Waals surface area contributed by atoms with E-state index < -0.39 is 23.5 Å². The summed E-state index contributed by atoms with van der Waals surface area (Å²) in [5.41, 5.74) is 0.783. The molecule has 0 N–H and O–H groups in total. The maximum absolute atomic E-state index is 13.7. The summed E-state index contributed by atoms with van der Waals surface area (Å²) >= 11 is 0. The van der Waals surface area contributed by atoms with E-state index in [-0.39, 0.29) is 5.69 Å². The number of fused-ring (bicyclic) bond motifs is 1. The van der Waals surface area contributed by atoms with Gasteiger partial charge in [-0.1, -0.05) is 0 Å². The average molecular weight is 373 g/mol. The lowest BCUT2D eigenvalue weighted by Crippen LogP contribution is -2.27. The highest BCUT2D eigenvalue weighted by atomic mass is 19.1. The molecule has 0 unspecified atom stereocenters. The molecular formula is C19H20FN3O4. The molecule has 8 heteroatoms. The van der Waals surface area contributed by atoms with Crippen LogP contribution in [0.1, 0.15) is 31.3 Å². The quantitative estimate of drug-likeness (QED) is 0.640. The first-order chi connectivity index (χ1) is 12.6. The molecule has 0 aliphatic heterocycles. The van der Waals surface area contributed by atoms with Gasteiger partial charge in [0, 0.05) is 18.5 Å². The van der Waals surface area contributed by atoms with Gasteiger partial charge >= 0.3 is 12.1 Å². The first-order valence-electron chi connectivity index (χ1n) is 8.28. The van der Waals surface area contributed by atoms with E-state index in [1.54, 1.807) is 33.9 Å². The maximum atomic E-state index is 13.7. The van der Waals surface area contributed by atoms with Crippen LogP contribution >= 0.6 is 0 Å². The number of aromatic nitrogens is 3. The molecule has 0 aliphatic rings. The van der Waals surface area contributed by atoms with Crippen LogP contribution in [0.15, 0.2) is 30.3 Å². The Balaban J connectivity index is 2.23. The lowest BCUT2D eigenvalue weighted by atomic mass is 10.2. The third-order valence-electron chi connectivity index (χ3n) is 3.88. The minimum absolute atomic E-state index is 0.0992. The molecule has 0 aliphatic carbocycles. The normalized spacial score (nSPS) is 11.6. The number of carbonyl (C=O) groups is 2. The van der Waals surface area contributed by atoms with Crippen LogP contribution in [0.2, 0.25) is 0 Å². The predicted octanol–water partition coefficient (Wildman–Crippen LogP) is 3.75. The van der Waals surface area contributed by atoms with E-state index in [1.807, 2.05) is 0 Å². The molecule has 0 bridgehead atoms. The number of carbonyl (C=O) groups excluding carboxylic acids is 2. The van der Waals surface area contributed by atoms with Crippen LogP contribution in [0, 0.1) is 5.82 Å². The second-order valence-electron chi connectivity index (χ2n) is 7.08. The number of methoxy groups -OCH3 is 1. The third kappa shape index (κ3) is 3.55. The van der Waals surface area contributed by atoms with Crippen molar-refractivity contribution in [3.63, 3.8) is 0 Å². The van der Waals surface area contributed by atoms with E-state index in [0.717, 1.165) is 0 Å². The van der Waals surface area contributed by atoms with Gasteiger partial charge < -0.3 is 9.47 Å². The van der Waals surface area contributed by atoms with Crippen LogP contribution in [0.3, 0.4) is 0 Å². The third-order valence-corrected chi connectivity index (χ3v) is 3.88. The summed E-state index contributed by atoms with van der Waals surface area (Å²) in [6.45, 7) is 5.28. The van der Waals surface area contributed by atoms with Crippen molar-refractivity contribution >= 4 is 23.0 Å². The zero-order valence-electron chi connectivity index (χ0n) is 15.7. The molecule has 0 spiro atoms. The van der Waals surface area contributed by atoms with Crippen LogP contribution in [-0.2, 0) is 16.5 Å². The van der Waals surface area contributed by atoms with Gasteiger partial charge in [0.2, 0.25) is 0 Å². The molecule has 0 saturated carbocycles. The number of nitrogens with zero attached hydrogens (tertiary/aromatic N) is 3. The summed E-state index contributed by atoms with van der Waals surface area (Å²) < 4.78 is 26.7. The monoisotopic (exact) mass is 373 g/mol. The van der Waals surface area contributed by atoms with Crippen molar-refractivity contribution < 1.29 is 23.5 Å². The van der Waals surface area contributed by atoms with Crippen LogP contribution in [0.25, 0.3) is 22.3 Å². The van der Waals surface area contributed by atoms with Gasteiger partial charge in [-0.25, -0.2) is 18.5 Å². The van der Waals surface area contributed by atoms with Crippen LogP contribution in [0.4, 0.5) is 9.18 Å². The minimum Gasteiger partial charge on any atom is -0.464 e. The number of halogens is 1. The average Bonchev–Trinajstić information content (AvgIpc) is 3.12. The Bertz CT molecular complexity index is 1040. The number of hydrogen-bond donors (Lipinski definition) is 0. The molecule has 142 valence electrons. The van der Waals surface area contributed by atoms with E-state index in [9.17, 15) is 14.0 Å². The molecule has 0 fully saturated rings. The minimum atomic E-state index is -0.714. The van der Waals surface area contributed by atoms with Gasteiger partial charge in [-0.15, -0.1) is 0 Å². The molecule has 0 saturated heterocycles. The Hall–Kier alpha value is -3.16. The summed E-state index contributed by atoms with van der Waals surface area (Å²) in [5.74, 6) is -1.02. The van der Waals surface area contributed by atoms with Crippen molar-refractivity contribution in [2.24, 2.45) is 7.05 Å². The van der Waals surface area contributed by atoms with Crippen molar-refractivity contribution in [1.82, 2.24) is 14.3 Å². The van der Waals surface area contributed by atoms with Crippen molar-refractivity contribution in [2.75, 3.05) is 7.11 Å². The molecule has 3 aromatic rings. The molecular weight excluding hydrogens is 353 g/mol. The number of aryl methyl sites for hydroxylation is 1. The fraction of sp³-hybridized carbons (Fsp3) is 0.316. The number of hydrogen-bond acceptors (Lipinski definition) is 5. The van der Waals surface area contributed by atoms with Crippen molar-refractivity contribution in [2.45, 2.75) is 26.4 Å². The number of esters is 1. The largest absolute Gasteiger partial charge is 0.464 e. The molecule has 2 heterocycles. The van der Waals surface area contributed by atoms with Crippen molar-refractivity contribution in [3.05, 3.63) is 41.8 Å².